The minimum atomic E-state index is -0.991. The molecule has 0 heterocycles. The van der Waals surface area contributed by atoms with Crippen LogP contribution in [0.2, 0.25) is 0 Å². The van der Waals surface area contributed by atoms with E-state index < -0.39 is 5.60 Å². The molecular formula is C23H30O7. The summed E-state index contributed by atoms with van der Waals surface area (Å²) in [6.07, 6.45) is 0.905. The smallest absolute Gasteiger partial charge is 0.203 e. The summed E-state index contributed by atoms with van der Waals surface area (Å²) in [5, 5.41) is 22.1. The van der Waals surface area contributed by atoms with Crippen molar-refractivity contribution in [3.8, 4) is 45.6 Å². The maximum Gasteiger partial charge on any atom is 0.203 e. The molecule has 0 aromatic heterocycles. The van der Waals surface area contributed by atoms with Crippen molar-refractivity contribution in [3.05, 3.63) is 23.3 Å². The predicted molar refractivity (Wildman–Crippen MR) is 113 cm³/mol. The van der Waals surface area contributed by atoms with E-state index in [2.05, 4.69) is 0 Å². The molecule has 0 radical (unpaired) electrons. The number of ether oxygens (including phenoxy) is 5. The molecular weight excluding hydrogens is 388 g/mol. The fourth-order valence-corrected chi connectivity index (χ4v) is 4.19. The molecule has 3 rings (SSSR count). The summed E-state index contributed by atoms with van der Waals surface area (Å²) in [6.45, 7) is 3.82. The molecule has 2 atom stereocenters. The van der Waals surface area contributed by atoms with Crippen LogP contribution >= 0.6 is 0 Å². The zero-order valence-corrected chi connectivity index (χ0v) is 18.6. The van der Waals surface area contributed by atoms with Crippen molar-refractivity contribution in [3.63, 3.8) is 0 Å². The Morgan fingerprint density at radius 3 is 1.87 bits per heavy atom. The fraction of sp³-hybridized carbons (Fsp3) is 0.478. The zero-order chi connectivity index (χ0) is 22.2. The lowest BCUT2D eigenvalue weighted by Crippen LogP contribution is -2.37. The van der Waals surface area contributed by atoms with E-state index in [1.807, 2.05) is 19.9 Å². The second kappa shape index (κ2) is 8.14. The van der Waals surface area contributed by atoms with Gasteiger partial charge in [0.25, 0.3) is 0 Å². The molecule has 0 aliphatic heterocycles. The highest BCUT2D eigenvalue weighted by atomic mass is 16.5. The summed E-state index contributed by atoms with van der Waals surface area (Å²) in [7, 11) is 7.63. The van der Waals surface area contributed by atoms with Gasteiger partial charge in [-0.2, -0.15) is 0 Å². The summed E-state index contributed by atoms with van der Waals surface area (Å²) in [5.41, 5.74) is 2.04. The third kappa shape index (κ3) is 3.37. The van der Waals surface area contributed by atoms with Gasteiger partial charge >= 0.3 is 0 Å². The number of aromatic hydroxyl groups is 1. The van der Waals surface area contributed by atoms with E-state index in [4.69, 9.17) is 23.7 Å². The average molecular weight is 418 g/mol. The molecule has 0 unspecified atom stereocenters. The molecule has 0 spiro atoms. The van der Waals surface area contributed by atoms with Crippen molar-refractivity contribution in [1.29, 1.82) is 0 Å². The van der Waals surface area contributed by atoms with Crippen molar-refractivity contribution in [2.75, 3.05) is 35.5 Å². The van der Waals surface area contributed by atoms with Crippen LogP contribution in [-0.4, -0.2) is 51.4 Å². The van der Waals surface area contributed by atoms with E-state index in [1.54, 1.807) is 20.3 Å². The standard InChI is InChI=1S/C23H30O7/c1-12-8-13-9-15(26-3)19(24)21(29-6)17(13)18-14(11-23(12,2)25)10-16(27-4)20(28-5)22(18)30-7/h9-10,12,24-25H,8,11H2,1-7H3/t12-,23-/m1/s1. The highest BCUT2D eigenvalue weighted by Crippen LogP contribution is 2.55. The first kappa shape index (κ1) is 21.9. The van der Waals surface area contributed by atoms with Crippen molar-refractivity contribution in [2.45, 2.75) is 32.3 Å². The molecule has 1 aliphatic carbocycles. The topological polar surface area (TPSA) is 86.6 Å². The Balaban J connectivity index is 2.52. The molecule has 0 fully saturated rings. The molecule has 0 saturated heterocycles. The van der Waals surface area contributed by atoms with Gasteiger partial charge in [-0.3, -0.25) is 0 Å². The van der Waals surface area contributed by atoms with Crippen molar-refractivity contribution >= 4 is 0 Å². The first-order chi connectivity index (χ1) is 14.2. The van der Waals surface area contributed by atoms with Crippen LogP contribution in [0.5, 0.6) is 34.5 Å². The number of phenols is 1. The Morgan fingerprint density at radius 2 is 1.33 bits per heavy atom. The number of methoxy groups -OCH3 is 5. The van der Waals surface area contributed by atoms with E-state index >= 15 is 0 Å². The first-order valence-corrected chi connectivity index (χ1v) is 9.75. The molecule has 164 valence electrons. The van der Waals surface area contributed by atoms with E-state index in [9.17, 15) is 10.2 Å². The van der Waals surface area contributed by atoms with Gasteiger partial charge in [0.15, 0.2) is 23.0 Å². The van der Waals surface area contributed by atoms with Crippen LogP contribution in [0.25, 0.3) is 11.1 Å². The number of hydrogen-bond donors (Lipinski definition) is 2. The van der Waals surface area contributed by atoms with Gasteiger partial charge in [0.05, 0.1) is 41.2 Å². The Labute approximate surface area is 177 Å². The van der Waals surface area contributed by atoms with Crippen LogP contribution in [0.1, 0.15) is 25.0 Å². The van der Waals surface area contributed by atoms with Crippen LogP contribution in [0.3, 0.4) is 0 Å². The molecule has 2 aromatic rings. The zero-order valence-electron chi connectivity index (χ0n) is 18.6. The van der Waals surface area contributed by atoms with Crippen molar-refractivity contribution in [2.24, 2.45) is 5.92 Å². The van der Waals surface area contributed by atoms with Crippen LogP contribution in [0, 0.1) is 5.92 Å². The van der Waals surface area contributed by atoms with Crippen LogP contribution in [0.15, 0.2) is 12.1 Å². The lowest BCUT2D eigenvalue weighted by atomic mass is 9.75. The molecule has 0 bridgehead atoms. The maximum atomic E-state index is 11.3. The molecule has 1 aliphatic rings. The van der Waals surface area contributed by atoms with E-state index in [1.165, 1.54) is 21.3 Å². The molecule has 2 N–H and O–H groups in total. The summed E-state index contributed by atoms with van der Waals surface area (Å²) in [5.74, 6) is 1.78. The van der Waals surface area contributed by atoms with Gasteiger partial charge in [-0.05, 0) is 42.5 Å². The molecule has 0 saturated carbocycles. The Bertz CT molecular complexity index is 950. The first-order valence-electron chi connectivity index (χ1n) is 9.75. The summed E-state index contributed by atoms with van der Waals surface area (Å²) >= 11 is 0. The largest absolute Gasteiger partial charge is 0.502 e. The minimum Gasteiger partial charge on any atom is -0.502 e. The van der Waals surface area contributed by atoms with Gasteiger partial charge in [0, 0.05) is 17.5 Å². The quantitative estimate of drug-likeness (QED) is 0.767. The highest BCUT2D eigenvalue weighted by molar-refractivity contribution is 5.88. The van der Waals surface area contributed by atoms with Gasteiger partial charge in [-0.15, -0.1) is 0 Å². The van der Waals surface area contributed by atoms with E-state index in [-0.39, 0.29) is 17.4 Å². The maximum absolute atomic E-state index is 11.3. The lowest BCUT2D eigenvalue weighted by molar-refractivity contribution is 0.00628. The number of rotatable bonds is 5. The highest BCUT2D eigenvalue weighted by Gasteiger charge is 2.37. The summed E-state index contributed by atoms with van der Waals surface area (Å²) in [6, 6.07) is 3.62. The van der Waals surface area contributed by atoms with E-state index in [0.717, 1.165) is 11.1 Å². The summed E-state index contributed by atoms with van der Waals surface area (Å²) in [4.78, 5) is 0. The summed E-state index contributed by atoms with van der Waals surface area (Å²) < 4.78 is 27.9. The average Bonchev–Trinajstić information content (AvgIpc) is 2.72. The van der Waals surface area contributed by atoms with E-state index in [0.29, 0.717) is 47.0 Å². The Morgan fingerprint density at radius 1 is 0.800 bits per heavy atom. The molecule has 0 amide bonds. The van der Waals surface area contributed by atoms with Gasteiger partial charge in [-0.25, -0.2) is 0 Å². The number of hydrogen-bond acceptors (Lipinski definition) is 7. The van der Waals surface area contributed by atoms with Crippen molar-refractivity contribution in [1.82, 2.24) is 0 Å². The molecule has 7 nitrogen and oxygen atoms in total. The van der Waals surface area contributed by atoms with Gasteiger partial charge in [-0.1, -0.05) is 6.92 Å². The molecule has 2 aromatic carbocycles. The van der Waals surface area contributed by atoms with Gasteiger partial charge < -0.3 is 33.9 Å². The minimum absolute atomic E-state index is 0.0811. The number of benzene rings is 2. The SMILES string of the molecule is COc1cc2c(c(OC)c1O)-c1c(cc(OC)c(OC)c1OC)C[C@@](C)(O)[C@H](C)C2. The fourth-order valence-electron chi connectivity index (χ4n) is 4.19. The monoisotopic (exact) mass is 418 g/mol. The predicted octanol–water partition coefficient (Wildman–Crippen LogP) is 3.59. The molecule has 30 heavy (non-hydrogen) atoms. The normalized spacial score (nSPS) is 20.3. The van der Waals surface area contributed by atoms with Crippen LogP contribution in [-0.2, 0) is 12.8 Å². The van der Waals surface area contributed by atoms with Gasteiger partial charge in [0.1, 0.15) is 0 Å². The van der Waals surface area contributed by atoms with Crippen LogP contribution in [0.4, 0.5) is 0 Å². The number of fused-ring (bicyclic) bond motifs is 3. The lowest BCUT2D eigenvalue weighted by Gasteiger charge is -2.35. The molecule has 7 heteroatoms. The third-order valence-corrected chi connectivity index (χ3v) is 6.02. The number of phenolic OH excluding ortho intramolecular Hbond substituents is 1. The van der Waals surface area contributed by atoms with Crippen molar-refractivity contribution < 1.29 is 33.9 Å². The van der Waals surface area contributed by atoms with Crippen LogP contribution < -0.4 is 23.7 Å². The number of aliphatic hydroxyl groups is 1. The Kier molecular flexibility index (Phi) is 5.94. The third-order valence-electron chi connectivity index (χ3n) is 6.02. The second-order valence-corrected chi connectivity index (χ2v) is 7.81. The van der Waals surface area contributed by atoms with Gasteiger partial charge in [0.2, 0.25) is 11.5 Å². The second-order valence-electron chi connectivity index (χ2n) is 7.81. The Hall–Kier alpha value is -2.80.